The average Bonchev–Trinajstić information content (AvgIpc) is 3.34. The van der Waals surface area contributed by atoms with E-state index in [2.05, 4.69) is 30.2 Å². The van der Waals surface area contributed by atoms with Gasteiger partial charge in [0.25, 0.3) is 16.8 Å². The van der Waals surface area contributed by atoms with E-state index in [-0.39, 0.29) is 35.0 Å². The van der Waals surface area contributed by atoms with E-state index in [0.717, 1.165) is 23.3 Å². The minimum absolute atomic E-state index is 0.0465. The molecule has 0 aliphatic heterocycles. The Morgan fingerprint density at radius 2 is 1.89 bits per heavy atom. The standard InChI is InChI=1S/C12H11ClFN3O2.C9H7N5O5/c13-17-4-6-1-2-8(14)7(3-6)5-16-10-9(15)11(18)12(10)19;1-19-9(18)4-2-3(8(16)17)11-7-5(6(10)15)12-13-14(4)7/h1-3,16-17H,4-5,15H2;2H,1H3,(H2,10,15)(H,16,17). The number of nitrogens with one attached hydrogen (secondary N) is 2. The SMILES string of the molecule is COC(=O)c1cc(C(=O)O)nc2c(C(N)=O)nnn12.Nc1c(NCc2cc(CNCl)ccc2F)c(=O)c1=O. The van der Waals surface area contributed by atoms with Crippen LogP contribution < -0.4 is 32.5 Å². The Bertz CT molecular complexity index is 1630. The number of amides is 1. The van der Waals surface area contributed by atoms with E-state index in [1.165, 1.54) is 6.07 Å². The summed E-state index contributed by atoms with van der Waals surface area (Å²) >= 11 is 5.38. The third-order valence-electron chi connectivity index (χ3n) is 5.01. The van der Waals surface area contributed by atoms with Crippen molar-refractivity contribution in [3.8, 4) is 0 Å². The number of fused-ring (bicyclic) bond motifs is 1. The number of nitrogen functional groups attached to an aromatic ring is 1. The molecule has 0 atom stereocenters. The van der Waals surface area contributed by atoms with Gasteiger partial charge in [-0.3, -0.25) is 14.4 Å². The zero-order valence-electron chi connectivity index (χ0n) is 19.3. The van der Waals surface area contributed by atoms with Gasteiger partial charge in [0, 0.05) is 24.7 Å². The van der Waals surface area contributed by atoms with Gasteiger partial charge in [-0.25, -0.2) is 23.8 Å². The topological polar surface area (TPSA) is 234 Å². The fraction of sp³-hybridized carbons (Fsp3) is 0.143. The molecule has 2 aromatic carbocycles. The number of rotatable bonds is 8. The fourth-order valence-corrected chi connectivity index (χ4v) is 3.27. The first-order valence-electron chi connectivity index (χ1n) is 10.3. The van der Waals surface area contributed by atoms with Gasteiger partial charge in [-0.2, -0.15) is 4.52 Å². The highest BCUT2D eigenvalue weighted by atomic mass is 35.5. The lowest BCUT2D eigenvalue weighted by molar-refractivity contribution is 0.0590. The predicted octanol–water partition coefficient (Wildman–Crippen LogP) is -0.433. The second kappa shape index (κ2) is 11.4. The van der Waals surface area contributed by atoms with Crippen LogP contribution in [-0.2, 0) is 17.8 Å². The minimum Gasteiger partial charge on any atom is -0.477 e. The van der Waals surface area contributed by atoms with E-state index in [1.807, 2.05) is 0 Å². The maximum atomic E-state index is 13.6. The maximum absolute atomic E-state index is 13.6. The normalized spacial score (nSPS) is 10.6. The number of carbonyl (C=O) groups is 3. The number of hydrogen-bond donors (Lipinski definition) is 5. The van der Waals surface area contributed by atoms with E-state index < -0.39 is 40.2 Å². The van der Waals surface area contributed by atoms with Crippen LogP contribution in [0.2, 0.25) is 0 Å². The van der Waals surface area contributed by atoms with Gasteiger partial charge in [-0.05, 0) is 29.5 Å². The molecule has 0 saturated carbocycles. The third kappa shape index (κ3) is 5.55. The van der Waals surface area contributed by atoms with Crippen molar-refractivity contribution in [2.24, 2.45) is 5.73 Å². The van der Waals surface area contributed by atoms with Crippen molar-refractivity contribution in [1.29, 1.82) is 0 Å². The second-order valence-corrected chi connectivity index (χ2v) is 7.66. The molecule has 15 nitrogen and oxygen atoms in total. The van der Waals surface area contributed by atoms with E-state index in [0.29, 0.717) is 12.1 Å². The fourth-order valence-electron chi connectivity index (χ4n) is 3.11. The maximum Gasteiger partial charge on any atom is 0.356 e. The van der Waals surface area contributed by atoms with Gasteiger partial charge in [0.1, 0.15) is 17.2 Å². The Morgan fingerprint density at radius 1 is 1.18 bits per heavy atom. The van der Waals surface area contributed by atoms with Gasteiger partial charge in [0.15, 0.2) is 22.7 Å². The number of aromatic nitrogens is 4. The van der Waals surface area contributed by atoms with Gasteiger partial charge in [-0.1, -0.05) is 11.3 Å². The predicted molar refractivity (Wildman–Crippen MR) is 130 cm³/mol. The molecule has 0 spiro atoms. The van der Waals surface area contributed by atoms with Crippen molar-refractivity contribution in [3.05, 3.63) is 78.7 Å². The van der Waals surface area contributed by atoms with Gasteiger partial charge >= 0.3 is 11.9 Å². The molecule has 0 aliphatic carbocycles. The van der Waals surface area contributed by atoms with Crippen LogP contribution in [0.3, 0.4) is 0 Å². The monoisotopic (exact) mass is 548 g/mol. The Kier molecular flexibility index (Phi) is 8.29. The van der Waals surface area contributed by atoms with Gasteiger partial charge in [-0.15, -0.1) is 5.10 Å². The highest BCUT2D eigenvalue weighted by Gasteiger charge is 2.22. The summed E-state index contributed by atoms with van der Waals surface area (Å²) in [6, 6.07) is 5.48. The third-order valence-corrected chi connectivity index (χ3v) is 5.14. The van der Waals surface area contributed by atoms with Crippen LogP contribution in [0.15, 0.2) is 33.9 Å². The summed E-state index contributed by atoms with van der Waals surface area (Å²) in [5, 5.41) is 18.5. The number of carbonyl (C=O) groups excluding carboxylic acids is 2. The summed E-state index contributed by atoms with van der Waals surface area (Å²) in [6.07, 6.45) is 0. The first-order chi connectivity index (χ1) is 18.0. The molecule has 1 amide bonds. The average molecular weight is 549 g/mol. The van der Waals surface area contributed by atoms with Crippen LogP contribution in [0.4, 0.5) is 15.8 Å². The number of esters is 1. The van der Waals surface area contributed by atoms with Crippen molar-refractivity contribution >= 4 is 46.6 Å². The van der Waals surface area contributed by atoms with Crippen LogP contribution in [0.25, 0.3) is 5.65 Å². The van der Waals surface area contributed by atoms with Crippen LogP contribution >= 0.6 is 11.8 Å². The van der Waals surface area contributed by atoms with Crippen LogP contribution in [0, 0.1) is 5.82 Å². The molecule has 4 aromatic rings. The van der Waals surface area contributed by atoms with E-state index >= 15 is 0 Å². The molecule has 4 rings (SSSR count). The Hall–Kier alpha value is -4.96. The van der Waals surface area contributed by atoms with Gasteiger partial charge < -0.3 is 26.6 Å². The molecule has 17 heteroatoms. The number of nitrogens with two attached hydrogens (primary N) is 2. The number of ether oxygens (including phenoxy) is 1. The lowest BCUT2D eigenvalue weighted by Gasteiger charge is -2.11. The highest BCUT2D eigenvalue weighted by Crippen LogP contribution is 2.15. The smallest absolute Gasteiger partial charge is 0.356 e. The zero-order valence-corrected chi connectivity index (χ0v) is 20.1. The zero-order chi connectivity index (χ0) is 28.1. The molecule has 0 unspecified atom stereocenters. The summed E-state index contributed by atoms with van der Waals surface area (Å²) in [7, 11) is 1.11. The number of aromatic carboxylic acids is 1. The largest absolute Gasteiger partial charge is 0.477 e. The molecule has 0 fully saturated rings. The highest BCUT2D eigenvalue weighted by molar-refractivity contribution is 6.13. The number of carboxylic acid groups (broad SMARTS) is 1. The molecule has 2 aromatic heterocycles. The molecular formula is C21H18ClFN8O7. The van der Waals surface area contributed by atoms with Gasteiger partial charge in [0.2, 0.25) is 0 Å². The molecule has 198 valence electrons. The minimum atomic E-state index is -1.38. The summed E-state index contributed by atoms with van der Waals surface area (Å²) in [5.74, 6) is -3.59. The quantitative estimate of drug-likeness (QED) is 0.107. The number of halogens is 2. The van der Waals surface area contributed by atoms with Crippen molar-refractivity contribution in [2.75, 3.05) is 18.2 Å². The molecule has 38 heavy (non-hydrogen) atoms. The van der Waals surface area contributed by atoms with Crippen LogP contribution in [0.1, 0.15) is 42.6 Å². The van der Waals surface area contributed by atoms with E-state index in [1.54, 1.807) is 12.1 Å². The first-order valence-corrected chi connectivity index (χ1v) is 10.7. The van der Waals surface area contributed by atoms with Gasteiger partial charge in [0.05, 0.1) is 7.11 Å². The number of benzene rings is 1. The number of nitrogens with zero attached hydrogens (tertiary/aromatic N) is 4. The van der Waals surface area contributed by atoms with E-state index in [4.69, 9.17) is 28.4 Å². The lowest BCUT2D eigenvalue weighted by atomic mass is 10.1. The van der Waals surface area contributed by atoms with Crippen LogP contribution in [0.5, 0.6) is 0 Å². The summed E-state index contributed by atoms with van der Waals surface area (Å²) < 4.78 is 18.9. The Balaban J connectivity index is 0.000000211. The van der Waals surface area contributed by atoms with Crippen LogP contribution in [-0.4, -0.2) is 49.9 Å². The number of primary amides is 1. The van der Waals surface area contributed by atoms with Crippen molar-refractivity contribution in [1.82, 2.24) is 24.6 Å². The Morgan fingerprint density at radius 3 is 2.47 bits per heavy atom. The molecule has 0 bridgehead atoms. The molecule has 0 saturated heterocycles. The number of hydrogen-bond acceptors (Lipinski definition) is 12. The molecule has 0 aliphatic rings. The number of anilines is 2. The van der Waals surface area contributed by atoms with Crippen molar-refractivity contribution < 1.29 is 28.6 Å². The molecule has 0 radical (unpaired) electrons. The number of methoxy groups -OCH3 is 1. The lowest BCUT2D eigenvalue weighted by Crippen LogP contribution is -2.37. The van der Waals surface area contributed by atoms with Crippen molar-refractivity contribution in [3.63, 3.8) is 0 Å². The summed E-state index contributed by atoms with van der Waals surface area (Å²) in [4.78, 5) is 61.8. The van der Waals surface area contributed by atoms with E-state index in [9.17, 15) is 28.4 Å². The second-order valence-electron chi connectivity index (χ2n) is 7.40. The molecule has 7 N–H and O–H groups in total. The number of carboxylic acids is 1. The summed E-state index contributed by atoms with van der Waals surface area (Å²) in [6.45, 7) is 0.452. The first kappa shape index (κ1) is 27.6. The molecular weight excluding hydrogens is 531 g/mol. The van der Waals surface area contributed by atoms with Crippen molar-refractivity contribution in [2.45, 2.75) is 13.1 Å². The Labute approximate surface area is 216 Å². The molecule has 2 heterocycles. The summed E-state index contributed by atoms with van der Waals surface area (Å²) in [5.41, 5.74) is 8.87.